The number of likely N-dealkylation sites (N-methyl/N-ethyl adjacent to an activating group) is 1. The van der Waals surface area contributed by atoms with Crippen LogP contribution in [0.3, 0.4) is 0 Å². The number of amides is 3. The summed E-state index contributed by atoms with van der Waals surface area (Å²) in [4.78, 5) is 29.3. The molecule has 1 saturated heterocycles. The Morgan fingerprint density at radius 3 is 1.85 bits per heavy atom. The second-order valence-electron chi connectivity index (χ2n) is 10.3. The van der Waals surface area contributed by atoms with E-state index in [4.69, 9.17) is 4.74 Å². The lowest BCUT2D eigenvalue weighted by atomic mass is 9.93. The molecule has 0 aliphatic carbocycles. The first-order valence-electron chi connectivity index (χ1n) is 11.8. The smallest absolute Gasteiger partial charge is 0.416 e. The first-order valence-corrected chi connectivity index (χ1v) is 11.8. The molecule has 1 aliphatic rings. The summed E-state index contributed by atoms with van der Waals surface area (Å²) in [6.45, 7) is 5.05. The van der Waals surface area contributed by atoms with Gasteiger partial charge in [-0.3, -0.25) is 4.90 Å². The first-order chi connectivity index (χ1) is 17.8. The number of anilines is 1. The van der Waals surface area contributed by atoms with Crippen molar-refractivity contribution in [2.24, 2.45) is 0 Å². The van der Waals surface area contributed by atoms with E-state index in [0.29, 0.717) is 22.6 Å². The Labute approximate surface area is 220 Å². The summed E-state index contributed by atoms with van der Waals surface area (Å²) in [6, 6.07) is 4.60. The minimum atomic E-state index is -5.08. The molecule has 0 N–H and O–H groups in total. The highest BCUT2D eigenvalue weighted by Gasteiger charge is 2.43. The molecule has 2 aromatic rings. The van der Waals surface area contributed by atoms with Gasteiger partial charge < -0.3 is 14.5 Å². The highest BCUT2D eigenvalue weighted by atomic mass is 19.4. The number of halogens is 7. The van der Waals surface area contributed by atoms with Gasteiger partial charge in [0.1, 0.15) is 11.4 Å². The zero-order chi connectivity index (χ0) is 29.5. The maximum Gasteiger partial charge on any atom is 0.416 e. The molecule has 0 unspecified atom stereocenters. The van der Waals surface area contributed by atoms with Gasteiger partial charge in [0.05, 0.1) is 17.2 Å². The van der Waals surface area contributed by atoms with Crippen LogP contribution in [0.1, 0.15) is 43.4 Å². The summed E-state index contributed by atoms with van der Waals surface area (Å²) in [7, 11) is 2.39. The summed E-state index contributed by atoms with van der Waals surface area (Å²) in [5.41, 5.74) is -3.98. The minimum absolute atomic E-state index is 0.0220. The zero-order valence-corrected chi connectivity index (χ0v) is 21.8. The molecule has 214 valence electrons. The van der Waals surface area contributed by atoms with E-state index < -0.39 is 64.7 Å². The maximum atomic E-state index is 13.6. The largest absolute Gasteiger partial charge is 0.444 e. The molecular formula is C26H28F7N3O3. The summed E-state index contributed by atoms with van der Waals surface area (Å²) < 4.78 is 99.1. The Kier molecular flexibility index (Phi) is 8.14. The molecule has 0 saturated carbocycles. The van der Waals surface area contributed by atoms with Crippen LogP contribution in [0.4, 0.5) is 46.0 Å². The number of hydrogen-bond donors (Lipinski definition) is 0. The Balaban J connectivity index is 1.95. The lowest BCUT2D eigenvalue weighted by Gasteiger charge is -2.33. The van der Waals surface area contributed by atoms with Gasteiger partial charge in [0, 0.05) is 38.8 Å². The van der Waals surface area contributed by atoms with Gasteiger partial charge in [0.15, 0.2) is 0 Å². The number of ether oxygens (including phenoxy) is 1. The van der Waals surface area contributed by atoms with Gasteiger partial charge in [-0.15, -0.1) is 0 Å². The van der Waals surface area contributed by atoms with Crippen LogP contribution in [0.5, 0.6) is 0 Å². The summed E-state index contributed by atoms with van der Waals surface area (Å²) >= 11 is 0. The Morgan fingerprint density at radius 2 is 1.38 bits per heavy atom. The van der Waals surface area contributed by atoms with Crippen LogP contribution >= 0.6 is 0 Å². The van der Waals surface area contributed by atoms with Crippen LogP contribution < -0.4 is 4.90 Å². The molecule has 0 bridgehead atoms. The molecule has 2 aromatic carbocycles. The summed E-state index contributed by atoms with van der Waals surface area (Å²) in [5.74, 6) is -1.06. The zero-order valence-electron chi connectivity index (χ0n) is 21.8. The molecule has 39 heavy (non-hydrogen) atoms. The molecule has 1 heterocycles. The molecule has 2 atom stereocenters. The number of alkyl halides is 6. The van der Waals surface area contributed by atoms with Gasteiger partial charge in [-0.1, -0.05) is 12.1 Å². The molecule has 0 spiro atoms. The van der Waals surface area contributed by atoms with Crippen LogP contribution in [0.2, 0.25) is 0 Å². The van der Waals surface area contributed by atoms with E-state index in [1.165, 1.54) is 36.2 Å². The first kappa shape index (κ1) is 30.0. The Hall–Kier alpha value is -3.51. The van der Waals surface area contributed by atoms with Crippen LogP contribution in [0.25, 0.3) is 0 Å². The van der Waals surface area contributed by atoms with E-state index in [-0.39, 0.29) is 19.2 Å². The predicted octanol–water partition coefficient (Wildman–Crippen LogP) is 6.75. The third-order valence-electron chi connectivity index (χ3n) is 6.28. The van der Waals surface area contributed by atoms with Crippen molar-refractivity contribution >= 4 is 17.8 Å². The molecule has 3 amide bonds. The third-order valence-corrected chi connectivity index (χ3v) is 6.28. The summed E-state index contributed by atoms with van der Waals surface area (Å²) in [6.07, 6.45) is -10.8. The number of carbonyl (C=O) groups is 2. The number of likely N-dealkylation sites (tertiary alicyclic amines) is 1. The van der Waals surface area contributed by atoms with Crippen molar-refractivity contribution < 1.29 is 45.1 Å². The van der Waals surface area contributed by atoms with Crippen LogP contribution in [0.15, 0.2) is 42.5 Å². The Morgan fingerprint density at radius 1 is 0.872 bits per heavy atom. The van der Waals surface area contributed by atoms with Crippen molar-refractivity contribution in [1.82, 2.24) is 9.80 Å². The molecule has 6 nitrogen and oxygen atoms in total. The second kappa shape index (κ2) is 10.6. The SMILES string of the molecule is CN(C(=O)N(C)[C@H]1CN(C(=O)OC(C)(C)C)C[C@@H]1c1ccc(F)cc1)c1cc(C(F)(F)F)cc(C(F)(F)F)c1. The quantitative estimate of drug-likeness (QED) is 0.388. The van der Waals surface area contributed by atoms with E-state index >= 15 is 0 Å². The van der Waals surface area contributed by atoms with Crippen molar-refractivity contribution in [3.8, 4) is 0 Å². The molecule has 0 radical (unpaired) electrons. The van der Waals surface area contributed by atoms with Gasteiger partial charge in [-0.2, -0.15) is 26.3 Å². The van der Waals surface area contributed by atoms with E-state index in [1.54, 1.807) is 20.8 Å². The fourth-order valence-electron chi connectivity index (χ4n) is 4.31. The number of carbonyl (C=O) groups excluding carboxylic acids is 2. The normalized spacial score (nSPS) is 18.2. The highest BCUT2D eigenvalue weighted by molar-refractivity contribution is 5.92. The average molecular weight is 564 g/mol. The molecule has 1 aliphatic heterocycles. The van der Waals surface area contributed by atoms with Crippen molar-refractivity contribution in [1.29, 1.82) is 0 Å². The lowest BCUT2D eigenvalue weighted by molar-refractivity contribution is -0.143. The standard InChI is InChI=1S/C26H28F7N3O3/c1-24(2,3)39-23(38)36-13-20(15-6-8-18(27)9-7-15)21(14-36)35(5)22(37)34(4)19-11-16(25(28,29)30)10-17(12-19)26(31,32)33/h6-12,20-21H,13-14H2,1-5H3/t20-,21+/m1/s1. The van der Waals surface area contributed by atoms with Crippen molar-refractivity contribution in [2.45, 2.75) is 50.7 Å². The van der Waals surface area contributed by atoms with Gasteiger partial charge >= 0.3 is 24.5 Å². The van der Waals surface area contributed by atoms with Crippen molar-refractivity contribution in [3.63, 3.8) is 0 Å². The van der Waals surface area contributed by atoms with Gasteiger partial charge in [0.25, 0.3) is 0 Å². The average Bonchev–Trinajstić information content (AvgIpc) is 3.26. The topological polar surface area (TPSA) is 53.1 Å². The monoisotopic (exact) mass is 563 g/mol. The number of rotatable bonds is 3. The third kappa shape index (κ3) is 7.12. The van der Waals surface area contributed by atoms with E-state index in [9.17, 15) is 40.3 Å². The maximum absolute atomic E-state index is 13.6. The second-order valence-corrected chi connectivity index (χ2v) is 10.3. The number of benzene rings is 2. The van der Waals surface area contributed by atoms with E-state index in [0.717, 1.165) is 11.9 Å². The van der Waals surface area contributed by atoms with E-state index in [1.807, 2.05) is 0 Å². The molecule has 0 aromatic heterocycles. The lowest BCUT2D eigenvalue weighted by Crippen LogP contribution is -2.48. The van der Waals surface area contributed by atoms with Gasteiger partial charge in [0.2, 0.25) is 0 Å². The highest BCUT2D eigenvalue weighted by Crippen LogP contribution is 2.39. The predicted molar refractivity (Wildman–Crippen MR) is 129 cm³/mol. The molecule has 1 fully saturated rings. The fourth-order valence-corrected chi connectivity index (χ4v) is 4.31. The van der Waals surface area contributed by atoms with Crippen LogP contribution in [0, 0.1) is 5.82 Å². The van der Waals surface area contributed by atoms with Crippen molar-refractivity contribution in [2.75, 3.05) is 32.1 Å². The summed E-state index contributed by atoms with van der Waals surface area (Å²) in [5, 5.41) is 0. The van der Waals surface area contributed by atoms with Crippen molar-refractivity contribution in [3.05, 3.63) is 65.0 Å². The molecule has 3 rings (SSSR count). The molecular weight excluding hydrogens is 535 g/mol. The van der Waals surface area contributed by atoms with Gasteiger partial charge in [-0.25, -0.2) is 14.0 Å². The molecule has 13 heteroatoms. The van der Waals surface area contributed by atoms with Crippen LogP contribution in [-0.4, -0.2) is 60.8 Å². The number of hydrogen-bond acceptors (Lipinski definition) is 3. The van der Waals surface area contributed by atoms with Crippen LogP contribution in [-0.2, 0) is 17.1 Å². The fraction of sp³-hybridized carbons (Fsp3) is 0.462. The Bertz CT molecular complexity index is 1170. The van der Waals surface area contributed by atoms with Gasteiger partial charge in [-0.05, 0) is 56.7 Å². The van der Waals surface area contributed by atoms with E-state index in [2.05, 4.69) is 0 Å². The number of nitrogens with zero attached hydrogens (tertiary/aromatic N) is 3. The minimum Gasteiger partial charge on any atom is -0.444 e. The number of urea groups is 1.